The van der Waals surface area contributed by atoms with Gasteiger partial charge in [0, 0.05) is 38.3 Å². The summed E-state index contributed by atoms with van der Waals surface area (Å²) >= 11 is 0. The SMILES string of the molecule is CC(C)Cc1ccc(-n2c3cc(-n4c5ccccc5c5ccccc54)ccc3c3c4oc5ccccc5c4ccc32)cc1. The highest BCUT2D eigenvalue weighted by molar-refractivity contribution is 6.24. The van der Waals surface area contributed by atoms with Crippen molar-refractivity contribution < 1.29 is 4.42 Å². The Hall–Kier alpha value is -5.28. The molecule has 0 amide bonds. The quantitative estimate of drug-likeness (QED) is 0.212. The van der Waals surface area contributed by atoms with Crippen LogP contribution in [0.25, 0.3) is 76.9 Å². The fraction of sp³-hybridized carbons (Fsp3) is 0.100. The van der Waals surface area contributed by atoms with Crippen molar-refractivity contribution in [2.75, 3.05) is 0 Å². The van der Waals surface area contributed by atoms with Crippen LogP contribution in [-0.4, -0.2) is 9.13 Å². The number of hydrogen-bond donors (Lipinski definition) is 0. The van der Waals surface area contributed by atoms with Crippen LogP contribution >= 0.6 is 0 Å². The highest BCUT2D eigenvalue weighted by Crippen LogP contribution is 2.42. The van der Waals surface area contributed by atoms with Crippen LogP contribution in [0.2, 0.25) is 0 Å². The molecule has 0 spiro atoms. The molecule has 0 aliphatic rings. The molecule has 3 nitrogen and oxygen atoms in total. The molecule has 0 radical (unpaired) electrons. The normalized spacial score (nSPS) is 12.3. The molecule has 9 rings (SSSR count). The first-order chi connectivity index (χ1) is 21.2. The molecule has 3 heterocycles. The Morgan fingerprint density at radius 3 is 1.84 bits per heavy atom. The Balaban J connectivity index is 1.38. The van der Waals surface area contributed by atoms with Gasteiger partial charge in [0.05, 0.1) is 27.5 Å². The van der Waals surface area contributed by atoms with Crippen LogP contribution in [-0.2, 0) is 6.42 Å². The highest BCUT2D eigenvalue weighted by atomic mass is 16.3. The van der Waals surface area contributed by atoms with E-state index < -0.39 is 0 Å². The van der Waals surface area contributed by atoms with Gasteiger partial charge in [0.1, 0.15) is 11.2 Å². The molecule has 0 saturated heterocycles. The summed E-state index contributed by atoms with van der Waals surface area (Å²) in [5.74, 6) is 0.620. The maximum atomic E-state index is 6.59. The maximum Gasteiger partial charge on any atom is 0.145 e. The minimum atomic E-state index is 0.620. The van der Waals surface area contributed by atoms with E-state index in [-0.39, 0.29) is 0 Å². The van der Waals surface area contributed by atoms with E-state index in [0.717, 1.165) is 50.6 Å². The highest BCUT2D eigenvalue weighted by Gasteiger charge is 2.20. The predicted octanol–water partition coefficient (Wildman–Crippen LogP) is 11.0. The number of furan rings is 1. The lowest BCUT2D eigenvalue weighted by Gasteiger charge is -2.12. The molecule has 0 fully saturated rings. The summed E-state index contributed by atoms with van der Waals surface area (Å²) in [5.41, 5.74) is 10.3. The molecule has 3 heteroatoms. The van der Waals surface area contributed by atoms with Gasteiger partial charge in [-0.2, -0.15) is 0 Å². The summed E-state index contributed by atoms with van der Waals surface area (Å²) in [5, 5.41) is 7.19. The van der Waals surface area contributed by atoms with Crippen LogP contribution in [0.4, 0.5) is 0 Å². The van der Waals surface area contributed by atoms with Gasteiger partial charge in [-0.3, -0.25) is 0 Å². The first-order valence-corrected chi connectivity index (χ1v) is 15.1. The molecule has 3 aromatic heterocycles. The number of benzene rings is 6. The van der Waals surface area contributed by atoms with Crippen LogP contribution < -0.4 is 0 Å². The Morgan fingerprint density at radius 2 is 1.12 bits per heavy atom. The molecule has 0 unspecified atom stereocenters. The van der Waals surface area contributed by atoms with Crippen molar-refractivity contribution in [2.24, 2.45) is 5.92 Å². The zero-order chi connectivity index (χ0) is 28.7. The van der Waals surface area contributed by atoms with E-state index in [1.807, 2.05) is 6.07 Å². The van der Waals surface area contributed by atoms with E-state index in [1.165, 1.54) is 38.3 Å². The van der Waals surface area contributed by atoms with Crippen molar-refractivity contribution in [3.63, 3.8) is 0 Å². The zero-order valence-corrected chi connectivity index (χ0v) is 24.2. The van der Waals surface area contributed by atoms with Crippen molar-refractivity contribution in [1.82, 2.24) is 9.13 Å². The van der Waals surface area contributed by atoms with Crippen LogP contribution in [0.5, 0.6) is 0 Å². The lowest BCUT2D eigenvalue weighted by molar-refractivity contribution is 0.647. The third-order valence-electron chi connectivity index (χ3n) is 8.93. The van der Waals surface area contributed by atoms with Gasteiger partial charge in [-0.1, -0.05) is 80.6 Å². The minimum absolute atomic E-state index is 0.620. The monoisotopic (exact) mass is 554 g/mol. The van der Waals surface area contributed by atoms with Crippen LogP contribution in [0.15, 0.2) is 132 Å². The molecule has 9 aromatic rings. The Bertz CT molecular complexity index is 2450. The van der Waals surface area contributed by atoms with Gasteiger partial charge in [-0.15, -0.1) is 0 Å². The summed E-state index contributed by atoms with van der Waals surface area (Å²) in [6.45, 7) is 4.55. The minimum Gasteiger partial charge on any atom is -0.455 e. The number of aromatic nitrogens is 2. The summed E-state index contributed by atoms with van der Waals surface area (Å²) in [6.07, 6.45) is 1.07. The summed E-state index contributed by atoms with van der Waals surface area (Å²) in [7, 11) is 0. The van der Waals surface area contributed by atoms with Crippen LogP contribution in [0, 0.1) is 5.92 Å². The van der Waals surface area contributed by atoms with Crippen molar-refractivity contribution in [3.8, 4) is 11.4 Å². The third kappa shape index (κ3) is 3.55. The van der Waals surface area contributed by atoms with Crippen molar-refractivity contribution >= 4 is 65.6 Å². The molecule has 0 N–H and O–H groups in total. The average Bonchev–Trinajstić information content (AvgIpc) is 3.68. The lowest BCUT2D eigenvalue weighted by atomic mass is 10.0. The second-order valence-corrected chi connectivity index (χ2v) is 12.1. The number of nitrogens with zero attached hydrogens (tertiary/aromatic N) is 2. The maximum absolute atomic E-state index is 6.59. The molecule has 43 heavy (non-hydrogen) atoms. The molecule has 0 aliphatic heterocycles. The van der Waals surface area contributed by atoms with E-state index in [1.54, 1.807) is 0 Å². The molecular weight excluding hydrogens is 524 g/mol. The molecule has 0 bridgehead atoms. The van der Waals surface area contributed by atoms with E-state index in [4.69, 9.17) is 4.42 Å². The molecule has 0 atom stereocenters. The van der Waals surface area contributed by atoms with Gasteiger partial charge in [-0.25, -0.2) is 0 Å². The summed E-state index contributed by atoms with van der Waals surface area (Å²) in [6, 6.07) is 46.2. The Labute approximate surface area is 249 Å². The number of hydrogen-bond acceptors (Lipinski definition) is 1. The van der Waals surface area contributed by atoms with Gasteiger partial charge in [0.2, 0.25) is 0 Å². The molecule has 0 aliphatic carbocycles. The molecule has 0 saturated carbocycles. The topological polar surface area (TPSA) is 23.0 Å². The summed E-state index contributed by atoms with van der Waals surface area (Å²) in [4.78, 5) is 0. The first kappa shape index (κ1) is 24.3. The smallest absolute Gasteiger partial charge is 0.145 e. The standard InChI is InChI=1S/C40H30N2O/c1-25(2)23-26-15-17-27(18-16-26)41-36-22-21-32-31-11-5-8-14-38(31)43-40(32)39(36)33-20-19-28(24-37(33)41)42-34-12-6-3-9-29(34)30-10-4-7-13-35(30)42/h3-22,24-25H,23H2,1-2H3. The number of rotatable bonds is 4. The van der Waals surface area contributed by atoms with E-state index in [9.17, 15) is 0 Å². The second-order valence-electron chi connectivity index (χ2n) is 12.1. The van der Waals surface area contributed by atoms with Gasteiger partial charge in [0.25, 0.3) is 0 Å². The lowest BCUT2D eigenvalue weighted by Crippen LogP contribution is -1.98. The molecule has 206 valence electrons. The van der Waals surface area contributed by atoms with Gasteiger partial charge in [-0.05, 0) is 78.6 Å². The number of para-hydroxylation sites is 3. The van der Waals surface area contributed by atoms with Gasteiger partial charge < -0.3 is 13.6 Å². The second kappa shape index (κ2) is 9.11. The molecule has 6 aromatic carbocycles. The third-order valence-corrected chi connectivity index (χ3v) is 8.93. The average molecular weight is 555 g/mol. The van der Waals surface area contributed by atoms with Gasteiger partial charge in [0.15, 0.2) is 0 Å². The van der Waals surface area contributed by atoms with E-state index in [2.05, 4.69) is 144 Å². The largest absolute Gasteiger partial charge is 0.455 e. The number of fused-ring (bicyclic) bond motifs is 10. The fourth-order valence-electron chi connectivity index (χ4n) is 7.14. The fourth-order valence-corrected chi connectivity index (χ4v) is 7.14. The zero-order valence-electron chi connectivity index (χ0n) is 24.2. The van der Waals surface area contributed by atoms with E-state index >= 15 is 0 Å². The molecular formula is C40H30N2O. The van der Waals surface area contributed by atoms with Crippen molar-refractivity contribution in [2.45, 2.75) is 20.3 Å². The summed E-state index contributed by atoms with van der Waals surface area (Å²) < 4.78 is 11.4. The Morgan fingerprint density at radius 1 is 0.512 bits per heavy atom. The van der Waals surface area contributed by atoms with Crippen molar-refractivity contribution in [1.29, 1.82) is 0 Å². The van der Waals surface area contributed by atoms with E-state index in [0.29, 0.717) is 5.92 Å². The predicted molar refractivity (Wildman–Crippen MR) is 181 cm³/mol. The first-order valence-electron chi connectivity index (χ1n) is 15.1. The van der Waals surface area contributed by atoms with Gasteiger partial charge >= 0.3 is 0 Å². The van der Waals surface area contributed by atoms with Crippen LogP contribution in [0.1, 0.15) is 19.4 Å². The van der Waals surface area contributed by atoms with Crippen LogP contribution in [0.3, 0.4) is 0 Å². The van der Waals surface area contributed by atoms with Crippen molar-refractivity contribution in [3.05, 3.63) is 133 Å². The Kier molecular flexibility index (Phi) is 5.15.